The quantitative estimate of drug-likeness (QED) is 0.0673. The van der Waals surface area contributed by atoms with Gasteiger partial charge >= 0.3 is 264 Å². The molecule has 240 valence electrons. The Morgan fingerprint density at radius 2 is 1.11 bits per heavy atom. The van der Waals surface area contributed by atoms with Crippen molar-refractivity contribution in [3.05, 3.63) is 91.7 Å². The third kappa shape index (κ3) is 7.75. The van der Waals surface area contributed by atoms with Gasteiger partial charge in [-0.25, -0.2) is 0 Å². The summed E-state index contributed by atoms with van der Waals surface area (Å²) in [6.45, 7) is 3.59. The zero-order valence-electron chi connectivity index (χ0n) is 25.3. The predicted octanol–water partition coefficient (Wildman–Crippen LogP) is 6.48. The van der Waals surface area contributed by atoms with Crippen LogP contribution in [0.3, 0.4) is 0 Å². The van der Waals surface area contributed by atoms with Gasteiger partial charge in [-0.15, -0.1) is 0 Å². The molecular formula is C34H36F4O6Ti. The Balaban J connectivity index is 1.87. The van der Waals surface area contributed by atoms with Crippen LogP contribution >= 0.6 is 0 Å². The first-order valence-electron chi connectivity index (χ1n) is 15.0. The number of benzene rings is 2. The molecule has 2 aromatic carbocycles. The van der Waals surface area contributed by atoms with Crippen molar-refractivity contribution in [1.29, 1.82) is 0 Å². The molecule has 0 aromatic heterocycles. The van der Waals surface area contributed by atoms with Crippen molar-refractivity contribution in [1.82, 2.24) is 0 Å². The Hall–Kier alpha value is -3.31. The number of allylic oxidation sites excluding steroid dienone is 8. The number of halogens is 4. The first-order valence-corrected chi connectivity index (χ1v) is 18.1. The molecular weight excluding hydrogens is 628 g/mol. The molecule has 0 heterocycles. The molecule has 0 radical (unpaired) electrons. The zero-order valence-corrected chi connectivity index (χ0v) is 26.9. The van der Waals surface area contributed by atoms with Crippen LogP contribution < -0.4 is 17.2 Å². The molecule has 0 saturated carbocycles. The van der Waals surface area contributed by atoms with E-state index < -0.39 is 84.2 Å². The average Bonchev–Trinajstić information content (AvgIpc) is 3.76. The summed E-state index contributed by atoms with van der Waals surface area (Å²) in [6, 6.07) is 3.80. The molecule has 11 heteroatoms. The Morgan fingerprint density at radius 3 is 1.47 bits per heavy atom. The number of ether oxygens (including phenoxy) is 4. The number of carbonyl (C=O) groups excluding carboxylic acids is 2. The third-order valence-corrected chi connectivity index (χ3v) is 15.5. The van der Waals surface area contributed by atoms with Crippen LogP contribution in [0.15, 0.2) is 68.5 Å². The van der Waals surface area contributed by atoms with Crippen molar-refractivity contribution in [3.8, 4) is 11.5 Å². The normalized spacial score (nSPS) is 14.1. The summed E-state index contributed by atoms with van der Waals surface area (Å²) < 4.78 is 86.4. The van der Waals surface area contributed by atoms with Crippen LogP contribution in [0.2, 0.25) is 0 Å². The Bertz CT molecular complexity index is 1420. The Morgan fingerprint density at radius 1 is 0.689 bits per heavy atom. The SMILES string of the molecule is CCCCOCC(=O)Oc1ccc(F)[c]([Ti]([C]2=CC=CC2)([C]2=CC=CC2)[c]2c(F)ccc(OC(=O)COCCCC)c2F)c1F. The number of rotatable bonds is 16. The van der Waals surface area contributed by atoms with Crippen LogP contribution in [-0.4, -0.2) is 38.4 Å². The molecule has 0 bridgehead atoms. The van der Waals surface area contributed by atoms with Gasteiger partial charge < -0.3 is 0 Å². The van der Waals surface area contributed by atoms with Crippen LogP contribution in [-0.2, 0) is 35.7 Å². The Kier molecular flexibility index (Phi) is 12.5. The van der Waals surface area contributed by atoms with Crippen LogP contribution in [0.25, 0.3) is 0 Å². The second kappa shape index (κ2) is 16.3. The summed E-state index contributed by atoms with van der Waals surface area (Å²) in [4.78, 5) is 25.0. The van der Waals surface area contributed by atoms with Gasteiger partial charge in [0.1, 0.15) is 0 Å². The van der Waals surface area contributed by atoms with E-state index in [1.165, 1.54) is 0 Å². The van der Waals surface area contributed by atoms with Crippen LogP contribution in [0, 0.1) is 23.3 Å². The molecule has 4 rings (SSSR count). The minimum atomic E-state index is -5.23. The molecule has 0 aliphatic heterocycles. The van der Waals surface area contributed by atoms with Gasteiger partial charge in [-0.2, -0.15) is 0 Å². The summed E-state index contributed by atoms with van der Waals surface area (Å²) in [5.41, 5.74) is 0. The molecule has 0 amide bonds. The Labute approximate surface area is 263 Å². The molecule has 0 saturated heterocycles. The number of carbonyl (C=O) groups is 2. The fourth-order valence-electron chi connectivity index (χ4n) is 5.44. The van der Waals surface area contributed by atoms with Crippen molar-refractivity contribution in [3.63, 3.8) is 0 Å². The van der Waals surface area contributed by atoms with E-state index in [1.807, 2.05) is 13.8 Å². The first kappa shape index (κ1) is 34.6. The zero-order chi connectivity index (χ0) is 32.4. The van der Waals surface area contributed by atoms with Gasteiger partial charge in [0, 0.05) is 0 Å². The average molecular weight is 665 g/mol. The summed E-state index contributed by atoms with van der Waals surface area (Å²) in [7, 11) is 0. The molecule has 2 aliphatic rings. The van der Waals surface area contributed by atoms with Crippen molar-refractivity contribution < 1.29 is 62.7 Å². The van der Waals surface area contributed by atoms with E-state index in [2.05, 4.69) is 0 Å². The maximum atomic E-state index is 16.6. The molecule has 0 N–H and O–H groups in total. The van der Waals surface area contributed by atoms with Gasteiger partial charge in [0.25, 0.3) is 0 Å². The van der Waals surface area contributed by atoms with Crippen molar-refractivity contribution in [2.75, 3.05) is 26.4 Å². The predicted molar refractivity (Wildman–Crippen MR) is 158 cm³/mol. The van der Waals surface area contributed by atoms with Crippen LogP contribution in [0.5, 0.6) is 11.5 Å². The van der Waals surface area contributed by atoms with E-state index in [1.54, 1.807) is 36.5 Å². The van der Waals surface area contributed by atoms with E-state index in [9.17, 15) is 9.59 Å². The van der Waals surface area contributed by atoms with Gasteiger partial charge in [0.05, 0.1) is 0 Å². The number of hydrogen-bond acceptors (Lipinski definition) is 6. The monoisotopic (exact) mass is 664 g/mol. The molecule has 2 aromatic rings. The van der Waals surface area contributed by atoms with E-state index in [0.29, 0.717) is 33.8 Å². The van der Waals surface area contributed by atoms with E-state index in [0.717, 1.165) is 37.1 Å². The molecule has 0 unspecified atom stereocenters. The van der Waals surface area contributed by atoms with Crippen LogP contribution in [0.4, 0.5) is 17.6 Å². The van der Waals surface area contributed by atoms with Crippen LogP contribution in [0.1, 0.15) is 52.4 Å². The second-order valence-electron chi connectivity index (χ2n) is 10.6. The number of hydrogen-bond donors (Lipinski definition) is 0. The molecule has 45 heavy (non-hydrogen) atoms. The van der Waals surface area contributed by atoms with E-state index in [-0.39, 0.29) is 12.8 Å². The van der Waals surface area contributed by atoms with Gasteiger partial charge in [0.15, 0.2) is 0 Å². The topological polar surface area (TPSA) is 71.1 Å². The third-order valence-electron chi connectivity index (χ3n) is 7.54. The number of esters is 2. The molecule has 0 atom stereocenters. The van der Waals surface area contributed by atoms with Gasteiger partial charge in [0.2, 0.25) is 0 Å². The van der Waals surface area contributed by atoms with E-state index in [4.69, 9.17) is 18.9 Å². The summed E-state index contributed by atoms with van der Waals surface area (Å²) in [5.74, 6) is -7.54. The first-order chi connectivity index (χ1) is 21.7. The molecule has 2 aliphatic carbocycles. The fourth-order valence-corrected chi connectivity index (χ4v) is 13.7. The van der Waals surface area contributed by atoms with Crippen molar-refractivity contribution in [2.45, 2.75) is 52.4 Å². The van der Waals surface area contributed by atoms with E-state index >= 15 is 17.6 Å². The van der Waals surface area contributed by atoms with Crippen molar-refractivity contribution >= 4 is 19.7 Å². The summed E-state index contributed by atoms with van der Waals surface area (Å²) in [5, 5.41) is 0. The number of unbranched alkanes of at least 4 members (excludes halogenated alkanes) is 2. The van der Waals surface area contributed by atoms with Gasteiger partial charge in [-0.05, 0) is 0 Å². The summed E-state index contributed by atoms with van der Waals surface area (Å²) in [6.07, 6.45) is 13.5. The maximum absolute atomic E-state index is 16.6. The standard InChI is InChI=1S/2C12H13F2O3.2C5H5.Ti/c2*1-2-3-6-16-8-12(15)17-11-5-4-9(13)7-10(11)14;2*1-2-4-5-3-1;/h2*4-5H,2-3,6,8H2,1H3;2*1-3H,4H2;. The minimum absolute atomic E-state index is 0.180. The van der Waals surface area contributed by atoms with Gasteiger partial charge in [-0.3, -0.25) is 0 Å². The second-order valence-corrected chi connectivity index (χ2v) is 16.5. The fraction of sp³-hybridized carbons (Fsp3) is 0.353. The summed E-state index contributed by atoms with van der Waals surface area (Å²) >= 11 is -5.23. The van der Waals surface area contributed by atoms with Gasteiger partial charge in [-0.1, -0.05) is 0 Å². The van der Waals surface area contributed by atoms with Crippen molar-refractivity contribution in [2.24, 2.45) is 0 Å². The molecule has 6 nitrogen and oxygen atoms in total. The molecule has 0 fully saturated rings. The molecule has 0 spiro atoms.